The fraction of sp³-hybridized carbons (Fsp3) is 0.565. The van der Waals surface area contributed by atoms with E-state index in [-0.39, 0.29) is 43.4 Å². The third-order valence-electron chi connectivity index (χ3n) is 4.20. The lowest BCUT2D eigenvalue weighted by molar-refractivity contribution is -0.166. The molecular formula is C23H33NO9. The van der Waals surface area contributed by atoms with Gasteiger partial charge < -0.3 is 24.1 Å². The highest BCUT2D eigenvalue weighted by molar-refractivity contribution is 5.81. The zero-order valence-corrected chi connectivity index (χ0v) is 19.8. The Morgan fingerprint density at radius 2 is 1.55 bits per heavy atom. The molecule has 0 heterocycles. The fourth-order valence-corrected chi connectivity index (χ4v) is 2.92. The van der Waals surface area contributed by atoms with E-state index in [0.29, 0.717) is 18.4 Å². The van der Waals surface area contributed by atoms with Gasteiger partial charge in [0.05, 0.1) is 6.61 Å². The van der Waals surface area contributed by atoms with Crippen molar-refractivity contribution in [1.29, 1.82) is 0 Å². The monoisotopic (exact) mass is 467 g/mol. The van der Waals surface area contributed by atoms with Crippen LogP contribution in [0.4, 0.5) is 4.79 Å². The topological polar surface area (TPSA) is 137 Å². The van der Waals surface area contributed by atoms with E-state index in [1.165, 1.54) is 18.2 Å². The van der Waals surface area contributed by atoms with E-state index >= 15 is 0 Å². The highest BCUT2D eigenvalue weighted by Crippen LogP contribution is 2.31. The molecule has 1 aromatic carbocycles. The third kappa shape index (κ3) is 9.09. The van der Waals surface area contributed by atoms with Gasteiger partial charge in [-0.1, -0.05) is 19.9 Å². The predicted octanol–water partition coefficient (Wildman–Crippen LogP) is 3.59. The van der Waals surface area contributed by atoms with Gasteiger partial charge in [0.15, 0.2) is 11.5 Å². The van der Waals surface area contributed by atoms with E-state index in [1.54, 1.807) is 20.8 Å². The van der Waals surface area contributed by atoms with Crippen LogP contribution in [0.1, 0.15) is 65.9 Å². The molecule has 33 heavy (non-hydrogen) atoms. The summed E-state index contributed by atoms with van der Waals surface area (Å²) in [6.07, 6.45) is -0.00905. The van der Waals surface area contributed by atoms with Gasteiger partial charge in [0.1, 0.15) is 0 Å². The number of hydrogen-bond acceptors (Lipinski definition) is 9. The molecule has 0 unspecified atom stereocenters. The van der Waals surface area contributed by atoms with Gasteiger partial charge in [-0.3, -0.25) is 14.9 Å². The van der Waals surface area contributed by atoms with Crippen molar-refractivity contribution in [2.75, 3.05) is 6.61 Å². The molecule has 1 aromatic rings. The minimum atomic E-state index is -2.15. The Labute approximate surface area is 193 Å². The molecule has 0 aromatic heterocycles. The number of ether oxygens (including phenoxy) is 4. The first-order valence-electron chi connectivity index (χ1n) is 11.0. The Bertz CT molecular complexity index is 837. The van der Waals surface area contributed by atoms with Gasteiger partial charge in [0.2, 0.25) is 0 Å². The van der Waals surface area contributed by atoms with Gasteiger partial charge >= 0.3 is 24.1 Å². The molecule has 1 atom stereocenters. The van der Waals surface area contributed by atoms with Crippen LogP contribution in [0.15, 0.2) is 18.2 Å². The summed E-state index contributed by atoms with van der Waals surface area (Å²) in [5.74, 6) is -2.46. The van der Waals surface area contributed by atoms with Crippen LogP contribution in [0.25, 0.3) is 0 Å². The van der Waals surface area contributed by atoms with Gasteiger partial charge in [0, 0.05) is 25.3 Å². The molecule has 0 amide bonds. The van der Waals surface area contributed by atoms with Crippen LogP contribution in [0.2, 0.25) is 0 Å². The average Bonchev–Trinajstić information content (AvgIpc) is 2.69. The highest BCUT2D eigenvalue weighted by atomic mass is 16.7. The number of carboxylic acid groups (broad SMARTS) is 1. The largest absolute Gasteiger partial charge is 0.510 e. The lowest BCUT2D eigenvalue weighted by atomic mass is 10.0. The number of benzene rings is 1. The first-order chi connectivity index (χ1) is 15.6. The maximum atomic E-state index is 12.2. The number of carboxylic acids is 1. The molecule has 184 valence electrons. The molecule has 2 N–H and O–H groups in total. The quantitative estimate of drug-likeness (QED) is 0.251. The summed E-state index contributed by atoms with van der Waals surface area (Å²) in [7, 11) is 0. The van der Waals surface area contributed by atoms with Gasteiger partial charge in [-0.15, -0.1) is 0 Å². The second-order valence-corrected chi connectivity index (χ2v) is 7.62. The maximum absolute atomic E-state index is 12.2. The van der Waals surface area contributed by atoms with E-state index < -0.39 is 29.8 Å². The molecule has 0 fully saturated rings. The van der Waals surface area contributed by atoms with Crippen molar-refractivity contribution < 1.29 is 43.2 Å². The standard InChI is InChI=1S/C23H33NO9/c1-6-9-19(25)31-17-12-11-16(13-18(17)32-20(26)10-7-2)14-23(21(27)28,24-15(4)5)33-22(29)30-8-3/h11-13,15,24H,6-10,14H2,1-5H3,(H,27,28)/t23-/m0/s1. The molecular weight excluding hydrogens is 434 g/mol. The highest BCUT2D eigenvalue weighted by Gasteiger charge is 2.44. The maximum Gasteiger partial charge on any atom is 0.510 e. The van der Waals surface area contributed by atoms with Crippen molar-refractivity contribution in [3.8, 4) is 11.5 Å². The number of rotatable bonds is 13. The summed E-state index contributed by atoms with van der Waals surface area (Å²) < 4.78 is 20.6. The van der Waals surface area contributed by atoms with Crippen molar-refractivity contribution in [3.05, 3.63) is 23.8 Å². The molecule has 0 spiro atoms. The van der Waals surface area contributed by atoms with Crippen molar-refractivity contribution in [2.45, 2.75) is 78.5 Å². The number of carbonyl (C=O) groups is 4. The zero-order chi connectivity index (χ0) is 25.0. The minimum Gasteiger partial charge on any atom is -0.477 e. The Morgan fingerprint density at radius 3 is 2.03 bits per heavy atom. The first-order valence-corrected chi connectivity index (χ1v) is 11.0. The second-order valence-electron chi connectivity index (χ2n) is 7.62. The number of hydrogen-bond donors (Lipinski definition) is 2. The molecule has 0 aliphatic carbocycles. The smallest absolute Gasteiger partial charge is 0.477 e. The Balaban J connectivity index is 3.37. The van der Waals surface area contributed by atoms with Crippen LogP contribution in [0, 0.1) is 0 Å². The number of nitrogens with one attached hydrogen (secondary N) is 1. The lowest BCUT2D eigenvalue weighted by Gasteiger charge is -2.31. The van der Waals surface area contributed by atoms with Crippen molar-refractivity contribution in [2.24, 2.45) is 0 Å². The van der Waals surface area contributed by atoms with Gasteiger partial charge in [-0.25, -0.2) is 9.59 Å². The third-order valence-corrected chi connectivity index (χ3v) is 4.20. The molecule has 0 bridgehead atoms. The molecule has 1 rings (SSSR count). The number of aliphatic carboxylic acids is 1. The van der Waals surface area contributed by atoms with Crippen LogP contribution < -0.4 is 14.8 Å². The van der Waals surface area contributed by atoms with E-state index in [0.717, 1.165) is 0 Å². The van der Waals surface area contributed by atoms with E-state index in [2.05, 4.69) is 5.32 Å². The fourth-order valence-electron chi connectivity index (χ4n) is 2.92. The predicted molar refractivity (Wildman–Crippen MR) is 118 cm³/mol. The van der Waals surface area contributed by atoms with E-state index in [1.807, 2.05) is 13.8 Å². The van der Waals surface area contributed by atoms with Crippen molar-refractivity contribution in [1.82, 2.24) is 5.32 Å². The Morgan fingerprint density at radius 1 is 0.970 bits per heavy atom. The lowest BCUT2D eigenvalue weighted by Crippen LogP contribution is -2.59. The summed E-state index contributed by atoms with van der Waals surface area (Å²) in [5.41, 5.74) is -1.80. The molecule has 0 aliphatic heterocycles. The molecule has 10 nitrogen and oxygen atoms in total. The Hall–Kier alpha value is -3.14. The average molecular weight is 468 g/mol. The number of esters is 2. The second kappa shape index (κ2) is 13.4. The van der Waals surface area contributed by atoms with Crippen LogP contribution >= 0.6 is 0 Å². The Kier molecular flexibility index (Phi) is 11.3. The molecule has 0 saturated heterocycles. The van der Waals surface area contributed by atoms with Gasteiger partial charge in [-0.2, -0.15) is 0 Å². The molecule has 0 saturated carbocycles. The first kappa shape index (κ1) is 27.9. The molecule has 10 heteroatoms. The van der Waals surface area contributed by atoms with Gasteiger partial charge in [-0.05, 0) is 51.3 Å². The molecule has 0 aliphatic rings. The van der Waals surface area contributed by atoms with Crippen LogP contribution in [-0.2, 0) is 30.3 Å². The van der Waals surface area contributed by atoms with Crippen molar-refractivity contribution >= 4 is 24.1 Å². The van der Waals surface area contributed by atoms with Crippen LogP contribution in [0.3, 0.4) is 0 Å². The summed E-state index contributed by atoms with van der Waals surface area (Å²) in [6.45, 7) is 8.59. The normalized spacial score (nSPS) is 12.5. The van der Waals surface area contributed by atoms with E-state index in [9.17, 15) is 24.3 Å². The van der Waals surface area contributed by atoms with Gasteiger partial charge in [0.25, 0.3) is 5.72 Å². The minimum absolute atomic E-state index is 0.00552. The van der Waals surface area contributed by atoms with Crippen molar-refractivity contribution in [3.63, 3.8) is 0 Å². The summed E-state index contributed by atoms with van der Waals surface area (Å²) in [4.78, 5) is 48.2. The summed E-state index contributed by atoms with van der Waals surface area (Å²) in [6, 6.07) is 3.92. The van der Waals surface area contributed by atoms with E-state index in [4.69, 9.17) is 18.9 Å². The van der Waals surface area contributed by atoms with Crippen LogP contribution in [-0.4, -0.2) is 47.5 Å². The summed E-state index contributed by atoms with van der Waals surface area (Å²) >= 11 is 0. The molecule has 0 radical (unpaired) electrons. The van der Waals surface area contributed by atoms with Crippen LogP contribution in [0.5, 0.6) is 11.5 Å². The number of carbonyl (C=O) groups excluding carboxylic acids is 3. The SMILES string of the molecule is CCCC(=O)Oc1ccc(C[C@](NC(C)C)(OC(=O)OCC)C(=O)O)cc1OC(=O)CCC. The summed E-state index contributed by atoms with van der Waals surface area (Å²) in [5, 5.41) is 12.7. The zero-order valence-electron chi connectivity index (χ0n) is 19.8.